The van der Waals surface area contributed by atoms with Gasteiger partial charge in [-0.3, -0.25) is 0 Å². The Balaban J connectivity index is 2.07. The van der Waals surface area contributed by atoms with E-state index in [1.165, 1.54) is 12.1 Å². The number of hydrogen-bond acceptors (Lipinski definition) is 4. The number of phenolic OH excluding ortho intramolecular Hbond substituents is 1. The highest BCUT2D eigenvalue weighted by Crippen LogP contribution is 2.21. The first kappa shape index (κ1) is 13.0. The van der Waals surface area contributed by atoms with E-state index in [0.717, 1.165) is 10.9 Å². The van der Waals surface area contributed by atoms with Crippen LogP contribution in [0.3, 0.4) is 0 Å². The lowest BCUT2D eigenvalue weighted by atomic mass is 10.1. The molecule has 18 heavy (non-hydrogen) atoms. The summed E-state index contributed by atoms with van der Waals surface area (Å²) in [6, 6.07) is 7.33. The molecule has 0 fully saturated rings. The van der Waals surface area contributed by atoms with E-state index >= 15 is 0 Å². The van der Waals surface area contributed by atoms with E-state index in [0.29, 0.717) is 12.1 Å². The summed E-state index contributed by atoms with van der Waals surface area (Å²) in [6.45, 7) is 0.439. The quantitative estimate of drug-likeness (QED) is 0.780. The third kappa shape index (κ3) is 3.29. The summed E-state index contributed by atoms with van der Waals surface area (Å²) in [5.74, 6) is -0.650. The summed E-state index contributed by atoms with van der Waals surface area (Å²) >= 11 is 1.61. The van der Waals surface area contributed by atoms with Crippen LogP contribution < -0.4 is 5.32 Å². The minimum atomic E-state index is -0.513. The number of hydrogen-bond donors (Lipinski definition) is 3. The number of aromatic hydroxyl groups is 1. The van der Waals surface area contributed by atoms with Crippen molar-refractivity contribution in [2.45, 2.75) is 12.6 Å². The highest BCUT2D eigenvalue weighted by molar-refractivity contribution is 7.09. The fourth-order valence-corrected chi connectivity index (χ4v) is 2.38. The number of halogens is 1. The molecule has 0 amide bonds. The molecule has 3 nitrogen and oxygen atoms in total. The van der Waals surface area contributed by atoms with Crippen LogP contribution in [0, 0.1) is 5.82 Å². The molecule has 0 bridgehead atoms. The molecule has 0 aliphatic rings. The largest absolute Gasteiger partial charge is 0.508 e. The van der Waals surface area contributed by atoms with Gasteiger partial charge in [-0.1, -0.05) is 6.07 Å². The fourth-order valence-electron chi connectivity index (χ4n) is 1.72. The molecule has 0 saturated heterocycles. The van der Waals surface area contributed by atoms with Crippen molar-refractivity contribution in [2.75, 3.05) is 6.61 Å². The van der Waals surface area contributed by atoms with Crippen molar-refractivity contribution in [3.63, 3.8) is 0 Å². The number of phenols is 1. The zero-order valence-corrected chi connectivity index (χ0v) is 10.5. The van der Waals surface area contributed by atoms with Crippen molar-refractivity contribution in [3.05, 3.63) is 52.0 Å². The van der Waals surface area contributed by atoms with Gasteiger partial charge in [0.15, 0.2) is 0 Å². The van der Waals surface area contributed by atoms with Crippen molar-refractivity contribution >= 4 is 11.3 Å². The van der Waals surface area contributed by atoms with Crippen LogP contribution in [0.2, 0.25) is 0 Å². The molecule has 1 aromatic carbocycles. The van der Waals surface area contributed by atoms with Crippen molar-refractivity contribution < 1.29 is 14.6 Å². The molecule has 1 unspecified atom stereocenters. The molecule has 2 aromatic rings. The van der Waals surface area contributed by atoms with Gasteiger partial charge in [0.05, 0.1) is 12.6 Å². The van der Waals surface area contributed by atoms with Gasteiger partial charge in [-0.15, -0.1) is 11.3 Å². The second kappa shape index (κ2) is 5.95. The van der Waals surface area contributed by atoms with Gasteiger partial charge in [0, 0.05) is 17.5 Å². The molecule has 0 saturated carbocycles. The second-order valence-corrected chi connectivity index (χ2v) is 4.97. The van der Waals surface area contributed by atoms with E-state index in [9.17, 15) is 14.6 Å². The van der Waals surface area contributed by atoms with Crippen LogP contribution in [-0.4, -0.2) is 16.8 Å². The van der Waals surface area contributed by atoms with E-state index in [4.69, 9.17) is 0 Å². The van der Waals surface area contributed by atoms with Crippen LogP contribution in [0.15, 0.2) is 35.7 Å². The predicted octanol–water partition coefficient (Wildman–Crippen LogP) is 2.42. The maximum atomic E-state index is 13.2. The number of benzene rings is 1. The Labute approximate surface area is 109 Å². The molecule has 0 aliphatic heterocycles. The Morgan fingerprint density at radius 1 is 1.33 bits per heavy atom. The van der Waals surface area contributed by atoms with E-state index in [2.05, 4.69) is 5.32 Å². The lowest BCUT2D eigenvalue weighted by molar-refractivity contribution is 0.243. The van der Waals surface area contributed by atoms with Gasteiger partial charge >= 0.3 is 0 Å². The third-order valence-electron chi connectivity index (χ3n) is 2.59. The van der Waals surface area contributed by atoms with Crippen molar-refractivity contribution in [2.24, 2.45) is 0 Å². The average molecular weight is 267 g/mol. The Hall–Kier alpha value is -1.43. The number of thiophene rings is 1. The molecule has 0 radical (unpaired) electrons. The number of rotatable bonds is 5. The van der Waals surface area contributed by atoms with Crippen LogP contribution in [-0.2, 0) is 6.54 Å². The summed E-state index contributed by atoms with van der Waals surface area (Å²) in [5, 5.41) is 23.8. The Morgan fingerprint density at radius 2 is 2.17 bits per heavy atom. The Bertz CT molecular complexity index is 481. The standard InChI is InChI=1S/C13H14FNO2S/c14-10-4-9(5-11(17)6-10)13(8-16)15-7-12-2-1-3-18-12/h1-6,13,15-17H,7-8H2. The van der Waals surface area contributed by atoms with Crippen LogP contribution >= 0.6 is 11.3 Å². The van der Waals surface area contributed by atoms with Gasteiger partial charge < -0.3 is 15.5 Å². The molecule has 2 rings (SSSR count). The number of nitrogens with one attached hydrogen (secondary N) is 1. The maximum absolute atomic E-state index is 13.2. The van der Waals surface area contributed by atoms with Crippen LogP contribution in [0.5, 0.6) is 5.75 Å². The second-order valence-electron chi connectivity index (χ2n) is 3.94. The van der Waals surface area contributed by atoms with Gasteiger partial charge in [0.2, 0.25) is 0 Å². The molecular weight excluding hydrogens is 253 g/mol. The van der Waals surface area contributed by atoms with Gasteiger partial charge in [0.1, 0.15) is 11.6 Å². The van der Waals surface area contributed by atoms with Gasteiger partial charge in [0.25, 0.3) is 0 Å². The van der Waals surface area contributed by atoms with E-state index in [-0.39, 0.29) is 12.4 Å². The Kier molecular flexibility index (Phi) is 4.30. The van der Waals surface area contributed by atoms with Crippen LogP contribution in [0.4, 0.5) is 4.39 Å². The Morgan fingerprint density at radius 3 is 2.78 bits per heavy atom. The smallest absolute Gasteiger partial charge is 0.127 e. The van der Waals surface area contributed by atoms with Gasteiger partial charge in [-0.05, 0) is 29.1 Å². The molecule has 0 aliphatic carbocycles. The lowest BCUT2D eigenvalue weighted by Crippen LogP contribution is -2.23. The zero-order valence-electron chi connectivity index (χ0n) is 9.64. The van der Waals surface area contributed by atoms with E-state index in [1.807, 2.05) is 17.5 Å². The summed E-state index contributed by atoms with van der Waals surface area (Å²) in [7, 11) is 0. The SMILES string of the molecule is OCC(NCc1cccs1)c1cc(O)cc(F)c1. The topological polar surface area (TPSA) is 52.5 Å². The van der Waals surface area contributed by atoms with Gasteiger partial charge in [-0.25, -0.2) is 4.39 Å². The van der Waals surface area contributed by atoms with Crippen molar-refractivity contribution in [3.8, 4) is 5.75 Å². The van der Waals surface area contributed by atoms with Crippen molar-refractivity contribution in [1.29, 1.82) is 0 Å². The third-order valence-corrected chi connectivity index (χ3v) is 3.47. The van der Waals surface area contributed by atoms with Crippen LogP contribution in [0.25, 0.3) is 0 Å². The minimum absolute atomic E-state index is 0.138. The average Bonchev–Trinajstić information content (AvgIpc) is 2.81. The molecule has 1 heterocycles. The highest BCUT2D eigenvalue weighted by Gasteiger charge is 2.12. The fraction of sp³-hybridized carbons (Fsp3) is 0.231. The molecule has 5 heteroatoms. The summed E-state index contributed by atoms with van der Waals surface area (Å²) in [6.07, 6.45) is 0. The van der Waals surface area contributed by atoms with Gasteiger partial charge in [-0.2, -0.15) is 0 Å². The number of aliphatic hydroxyl groups is 1. The predicted molar refractivity (Wildman–Crippen MR) is 69.1 cm³/mol. The van der Waals surface area contributed by atoms with Crippen molar-refractivity contribution in [1.82, 2.24) is 5.32 Å². The first-order chi connectivity index (χ1) is 8.69. The maximum Gasteiger partial charge on any atom is 0.127 e. The summed E-state index contributed by atoms with van der Waals surface area (Å²) < 4.78 is 13.2. The first-order valence-electron chi connectivity index (χ1n) is 5.55. The zero-order chi connectivity index (χ0) is 13.0. The molecular formula is C13H14FNO2S. The number of aliphatic hydroxyl groups excluding tert-OH is 1. The molecule has 1 atom stereocenters. The van der Waals surface area contributed by atoms with Crippen LogP contribution in [0.1, 0.15) is 16.5 Å². The summed E-state index contributed by atoms with van der Waals surface area (Å²) in [5.41, 5.74) is 0.534. The molecule has 3 N–H and O–H groups in total. The van der Waals surface area contributed by atoms with E-state index in [1.54, 1.807) is 11.3 Å². The summed E-state index contributed by atoms with van der Waals surface area (Å²) in [4.78, 5) is 1.13. The molecule has 0 spiro atoms. The lowest BCUT2D eigenvalue weighted by Gasteiger charge is -2.16. The highest BCUT2D eigenvalue weighted by atomic mass is 32.1. The minimum Gasteiger partial charge on any atom is -0.508 e. The van der Waals surface area contributed by atoms with E-state index < -0.39 is 11.9 Å². The first-order valence-corrected chi connectivity index (χ1v) is 6.43. The molecule has 96 valence electrons. The monoisotopic (exact) mass is 267 g/mol. The molecule has 1 aromatic heterocycles. The normalized spacial score (nSPS) is 12.6.